The van der Waals surface area contributed by atoms with Gasteiger partial charge in [0.15, 0.2) is 0 Å². The molecule has 0 amide bonds. The minimum absolute atomic E-state index is 0.0252. The number of aromatic nitrogens is 5. The first-order valence-electron chi connectivity index (χ1n) is 10.1. The second-order valence-electron chi connectivity index (χ2n) is 7.46. The number of imidazole rings is 1. The maximum absolute atomic E-state index is 13.4. The molecule has 7 nitrogen and oxygen atoms in total. The molecule has 4 heterocycles. The molecule has 1 aliphatic rings. The lowest BCUT2D eigenvalue weighted by Gasteiger charge is -2.09. The van der Waals surface area contributed by atoms with Gasteiger partial charge in [-0.25, -0.2) is 14.4 Å². The highest BCUT2D eigenvalue weighted by molar-refractivity contribution is 6.05. The maximum Gasteiger partial charge on any atom is 0.260 e. The van der Waals surface area contributed by atoms with Crippen molar-refractivity contribution in [2.45, 2.75) is 39.3 Å². The smallest absolute Gasteiger partial charge is 0.260 e. The molecule has 0 unspecified atom stereocenters. The Morgan fingerprint density at radius 2 is 2.13 bits per heavy atom. The van der Waals surface area contributed by atoms with Crippen molar-refractivity contribution >= 4 is 17.3 Å². The van der Waals surface area contributed by atoms with E-state index in [2.05, 4.69) is 10.1 Å². The van der Waals surface area contributed by atoms with Crippen molar-refractivity contribution in [2.75, 3.05) is 0 Å². The lowest BCUT2D eigenvalue weighted by Crippen LogP contribution is -2.26. The van der Waals surface area contributed by atoms with E-state index < -0.39 is 0 Å². The summed E-state index contributed by atoms with van der Waals surface area (Å²) in [4.78, 5) is 22.1. The van der Waals surface area contributed by atoms with Crippen LogP contribution in [0.5, 0.6) is 0 Å². The number of hydrogen-bond acceptors (Lipinski definition) is 4. The first-order valence-corrected chi connectivity index (χ1v) is 10.1. The highest BCUT2D eigenvalue weighted by atomic mass is 19.1. The summed E-state index contributed by atoms with van der Waals surface area (Å²) in [6.45, 7) is 3.30. The predicted molar refractivity (Wildman–Crippen MR) is 112 cm³/mol. The number of nitrogens with zero attached hydrogens (tertiary/aromatic N) is 6. The molecule has 5 rings (SSSR count). The van der Waals surface area contributed by atoms with Gasteiger partial charge in [0, 0.05) is 43.7 Å². The highest BCUT2D eigenvalue weighted by Crippen LogP contribution is 2.27. The highest BCUT2D eigenvalue weighted by Gasteiger charge is 2.25. The van der Waals surface area contributed by atoms with Gasteiger partial charge in [0.2, 0.25) is 5.78 Å². The average Bonchev–Trinajstić information content (AvgIpc) is 3.48. The monoisotopic (exact) mass is 404 g/mol. The zero-order chi connectivity index (χ0) is 20.7. The molecular weight excluding hydrogens is 383 g/mol. The number of hydrogen-bond donors (Lipinski definition) is 0. The molecular formula is C22H21FN6O. The van der Waals surface area contributed by atoms with Crippen LogP contribution in [0, 0.1) is 5.82 Å². The number of fused-ring (bicyclic) bond motifs is 3. The summed E-state index contributed by atoms with van der Waals surface area (Å²) in [5, 5.41) is 4.42. The average molecular weight is 404 g/mol. The van der Waals surface area contributed by atoms with Gasteiger partial charge in [-0.3, -0.25) is 18.4 Å². The summed E-state index contributed by atoms with van der Waals surface area (Å²) >= 11 is 0. The number of benzene rings is 1. The van der Waals surface area contributed by atoms with Gasteiger partial charge < -0.3 is 0 Å². The summed E-state index contributed by atoms with van der Waals surface area (Å²) in [6, 6.07) is 6.60. The van der Waals surface area contributed by atoms with E-state index >= 15 is 0 Å². The van der Waals surface area contributed by atoms with E-state index in [-0.39, 0.29) is 11.4 Å². The van der Waals surface area contributed by atoms with Gasteiger partial charge in [0.25, 0.3) is 5.56 Å². The number of halogens is 1. The lowest BCUT2D eigenvalue weighted by molar-refractivity contribution is 0.603. The van der Waals surface area contributed by atoms with Gasteiger partial charge in [-0.2, -0.15) is 5.10 Å². The van der Waals surface area contributed by atoms with E-state index in [1.165, 1.54) is 6.07 Å². The van der Waals surface area contributed by atoms with Crippen molar-refractivity contribution in [3.8, 4) is 0 Å². The van der Waals surface area contributed by atoms with Crippen LogP contribution in [-0.2, 0) is 25.9 Å². The lowest BCUT2D eigenvalue weighted by atomic mass is 10.1. The molecule has 1 aliphatic heterocycles. The predicted octanol–water partition coefficient (Wildman–Crippen LogP) is 3.16. The van der Waals surface area contributed by atoms with Crippen molar-refractivity contribution in [3.63, 3.8) is 0 Å². The van der Waals surface area contributed by atoms with Gasteiger partial charge in [-0.15, -0.1) is 0 Å². The van der Waals surface area contributed by atoms with Crippen LogP contribution in [0.2, 0.25) is 0 Å². The molecule has 3 aromatic heterocycles. The largest absolute Gasteiger partial charge is 0.278 e. The van der Waals surface area contributed by atoms with E-state index in [1.807, 2.05) is 34.5 Å². The fourth-order valence-corrected chi connectivity index (χ4v) is 3.93. The van der Waals surface area contributed by atoms with Crippen molar-refractivity contribution in [3.05, 3.63) is 81.9 Å². The van der Waals surface area contributed by atoms with Crippen LogP contribution in [-0.4, -0.2) is 29.4 Å². The molecule has 8 heteroatoms. The molecule has 0 N–H and O–H groups in total. The normalized spacial score (nSPS) is 13.1. The molecule has 0 radical (unpaired) electrons. The van der Waals surface area contributed by atoms with Crippen LogP contribution in [0.4, 0.5) is 10.2 Å². The molecule has 0 bridgehead atoms. The van der Waals surface area contributed by atoms with Crippen LogP contribution in [0.15, 0.2) is 58.8 Å². The van der Waals surface area contributed by atoms with Crippen LogP contribution >= 0.6 is 0 Å². The van der Waals surface area contributed by atoms with Crippen molar-refractivity contribution < 1.29 is 4.39 Å². The third-order valence-corrected chi connectivity index (χ3v) is 5.38. The first-order chi connectivity index (χ1) is 14.6. The summed E-state index contributed by atoms with van der Waals surface area (Å²) in [7, 11) is 0. The number of aryl methyl sites for hydroxylation is 3. The minimum atomic E-state index is -0.230. The van der Waals surface area contributed by atoms with Crippen molar-refractivity contribution in [1.29, 1.82) is 0 Å². The van der Waals surface area contributed by atoms with Gasteiger partial charge >= 0.3 is 0 Å². The Morgan fingerprint density at radius 1 is 1.23 bits per heavy atom. The summed E-state index contributed by atoms with van der Waals surface area (Å²) < 4.78 is 18.8. The molecule has 0 aliphatic carbocycles. The molecule has 4 aromatic rings. The molecule has 0 fully saturated rings. The summed E-state index contributed by atoms with van der Waals surface area (Å²) in [5.74, 6) is 1.05. The fraction of sp³-hybridized carbons (Fsp3) is 0.273. The topological polar surface area (TPSA) is 69.5 Å². The summed E-state index contributed by atoms with van der Waals surface area (Å²) in [5.41, 5.74) is 3.30. The van der Waals surface area contributed by atoms with E-state index in [1.54, 1.807) is 29.1 Å². The van der Waals surface area contributed by atoms with Gasteiger partial charge in [0.1, 0.15) is 11.6 Å². The Bertz CT molecular complexity index is 1330. The zero-order valence-electron chi connectivity index (χ0n) is 16.6. The molecule has 152 valence electrons. The maximum atomic E-state index is 13.4. The SMILES string of the molecule is CCCn1c(=O)c2c(n3ccnc13)N=C(c1cnn(CCc3cccc(F)c3)c1)C2. The summed E-state index contributed by atoms with van der Waals surface area (Å²) in [6.07, 6.45) is 9.25. The Hall–Kier alpha value is -3.55. The first kappa shape index (κ1) is 18.5. The molecule has 0 atom stereocenters. The van der Waals surface area contributed by atoms with Crippen molar-refractivity contribution in [2.24, 2.45) is 4.99 Å². The van der Waals surface area contributed by atoms with Crippen molar-refractivity contribution in [1.82, 2.24) is 23.7 Å². The Labute approximate surface area is 172 Å². The van der Waals surface area contributed by atoms with E-state index in [9.17, 15) is 9.18 Å². The molecule has 0 saturated heterocycles. The van der Waals surface area contributed by atoms with Crippen LogP contribution < -0.4 is 5.56 Å². The Kier molecular flexibility index (Phi) is 4.54. The third kappa shape index (κ3) is 3.14. The van der Waals surface area contributed by atoms with E-state index in [0.29, 0.717) is 43.1 Å². The van der Waals surface area contributed by atoms with Crippen LogP contribution in [0.3, 0.4) is 0 Å². The van der Waals surface area contributed by atoms with Gasteiger partial charge in [-0.1, -0.05) is 19.1 Å². The van der Waals surface area contributed by atoms with Crippen LogP contribution in [0.1, 0.15) is 30.0 Å². The Balaban J connectivity index is 1.41. The van der Waals surface area contributed by atoms with E-state index in [0.717, 1.165) is 23.3 Å². The third-order valence-electron chi connectivity index (χ3n) is 5.38. The minimum Gasteiger partial charge on any atom is -0.278 e. The number of aliphatic imine (C=N–C) groups is 1. The second-order valence-corrected chi connectivity index (χ2v) is 7.46. The molecule has 30 heavy (non-hydrogen) atoms. The molecule has 1 aromatic carbocycles. The Morgan fingerprint density at radius 3 is 2.97 bits per heavy atom. The van der Waals surface area contributed by atoms with Gasteiger partial charge in [0.05, 0.1) is 17.5 Å². The van der Waals surface area contributed by atoms with E-state index in [4.69, 9.17) is 4.99 Å². The molecule has 0 spiro atoms. The standard InChI is InChI=1S/C22H21FN6O/c1-2-8-29-21(30)18-12-19(26-20(18)28-10-7-24-22(28)29)16-13-25-27(14-16)9-6-15-4-3-5-17(23)11-15/h3-5,7,10-11,13-14H,2,6,8-9,12H2,1H3. The van der Waals surface area contributed by atoms with Gasteiger partial charge in [-0.05, 0) is 30.5 Å². The second kappa shape index (κ2) is 7.37. The van der Waals surface area contributed by atoms with Crippen LogP contribution in [0.25, 0.3) is 5.78 Å². The zero-order valence-corrected chi connectivity index (χ0v) is 16.6. The molecule has 0 saturated carbocycles. The number of rotatable bonds is 6. The quantitative estimate of drug-likeness (QED) is 0.496. The fourth-order valence-electron chi connectivity index (χ4n) is 3.93.